The second kappa shape index (κ2) is 13.9. The number of unbranched alkanes of at least 4 members (excludes halogenated alkanes) is 2. The predicted octanol–water partition coefficient (Wildman–Crippen LogP) is 5.29. The number of benzene rings is 1. The lowest BCUT2D eigenvalue weighted by Gasteiger charge is -2.35. The molecular formula is C28H45N3O4S. The summed E-state index contributed by atoms with van der Waals surface area (Å²) >= 11 is 1.61. The quantitative estimate of drug-likeness (QED) is 0.346. The van der Waals surface area contributed by atoms with Crippen LogP contribution in [0.25, 0.3) is 0 Å². The van der Waals surface area contributed by atoms with Crippen molar-refractivity contribution in [1.29, 1.82) is 0 Å². The number of amides is 3. The maximum absolute atomic E-state index is 14.1. The zero-order chi connectivity index (χ0) is 26.9. The van der Waals surface area contributed by atoms with Crippen molar-refractivity contribution in [3.8, 4) is 0 Å². The van der Waals surface area contributed by atoms with Crippen molar-refractivity contribution >= 4 is 29.7 Å². The van der Waals surface area contributed by atoms with Gasteiger partial charge >= 0.3 is 6.09 Å². The summed E-state index contributed by atoms with van der Waals surface area (Å²) in [5.41, 5.74) is 2.22. The normalized spacial score (nSPS) is 15.1. The molecule has 2 rings (SSSR count). The predicted molar refractivity (Wildman–Crippen MR) is 147 cm³/mol. The van der Waals surface area contributed by atoms with Crippen molar-refractivity contribution in [2.75, 3.05) is 18.6 Å². The molecule has 3 amide bonds. The third-order valence-corrected chi connectivity index (χ3v) is 6.60. The first kappa shape index (κ1) is 30.0. The Morgan fingerprint density at radius 2 is 1.75 bits per heavy atom. The lowest BCUT2D eigenvalue weighted by Crippen LogP contribution is -2.54. The minimum absolute atomic E-state index is 0.0260. The van der Waals surface area contributed by atoms with E-state index in [9.17, 15) is 14.4 Å². The van der Waals surface area contributed by atoms with E-state index in [0.29, 0.717) is 18.7 Å². The Labute approximate surface area is 221 Å². The Kier molecular flexibility index (Phi) is 11.6. The lowest BCUT2D eigenvalue weighted by atomic mass is 9.98. The SMILES string of the molecule is CCCCCNC(=O)C(c1cc(C)cc(C)c1)N(C(=O)C(CCSC)NC(=O)OC(C)(C)C)C1CC1. The van der Waals surface area contributed by atoms with Crippen molar-refractivity contribution in [1.82, 2.24) is 15.5 Å². The number of alkyl carbamates (subject to hydrolysis) is 1. The highest BCUT2D eigenvalue weighted by Gasteiger charge is 2.44. The van der Waals surface area contributed by atoms with E-state index in [1.54, 1.807) is 37.4 Å². The van der Waals surface area contributed by atoms with Crippen LogP contribution in [0.1, 0.15) is 89.0 Å². The Hall–Kier alpha value is -2.22. The zero-order valence-electron chi connectivity index (χ0n) is 23.1. The summed E-state index contributed by atoms with van der Waals surface area (Å²) in [6.45, 7) is 12.1. The number of hydrogen-bond acceptors (Lipinski definition) is 5. The molecule has 2 N–H and O–H groups in total. The maximum Gasteiger partial charge on any atom is 0.408 e. The minimum Gasteiger partial charge on any atom is -0.444 e. The Morgan fingerprint density at radius 3 is 2.28 bits per heavy atom. The fraction of sp³-hybridized carbons (Fsp3) is 0.679. The number of nitrogens with zero attached hydrogens (tertiary/aromatic N) is 1. The monoisotopic (exact) mass is 519 g/mol. The van der Waals surface area contributed by atoms with E-state index in [0.717, 1.165) is 48.8 Å². The lowest BCUT2D eigenvalue weighted by molar-refractivity contribution is -0.143. The molecule has 8 heteroatoms. The van der Waals surface area contributed by atoms with Gasteiger partial charge in [-0.05, 0) is 77.9 Å². The molecule has 0 bridgehead atoms. The molecule has 0 saturated heterocycles. The minimum atomic E-state index is -0.769. The second-order valence-electron chi connectivity index (χ2n) is 10.8. The molecule has 2 atom stereocenters. The van der Waals surface area contributed by atoms with Crippen molar-refractivity contribution in [3.05, 3.63) is 34.9 Å². The summed E-state index contributed by atoms with van der Waals surface area (Å²) in [5, 5.41) is 5.88. The summed E-state index contributed by atoms with van der Waals surface area (Å²) < 4.78 is 5.45. The Bertz CT molecular complexity index is 875. The van der Waals surface area contributed by atoms with Crippen LogP contribution >= 0.6 is 11.8 Å². The van der Waals surface area contributed by atoms with Crippen LogP contribution in [0.2, 0.25) is 0 Å². The molecule has 0 spiro atoms. The fourth-order valence-corrected chi connectivity index (χ4v) is 4.75. The van der Waals surface area contributed by atoms with Crippen molar-refractivity contribution in [2.45, 2.75) is 104 Å². The van der Waals surface area contributed by atoms with Crippen LogP contribution < -0.4 is 10.6 Å². The Morgan fingerprint density at radius 1 is 1.11 bits per heavy atom. The number of carbonyl (C=O) groups is 3. The molecule has 0 aliphatic heterocycles. The average molecular weight is 520 g/mol. The molecular weight excluding hydrogens is 474 g/mol. The van der Waals surface area contributed by atoms with Crippen LogP contribution in [0.5, 0.6) is 0 Å². The molecule has 0 heterocycles. The standard InChI is InChI=1S/C28H45N3O4S/c1-8-9-10-14-29-25(32)24(21-17-19(2)16-20(3)18-21)31(22-11-12-22)26(33)23(13-15-36-7)30-27(34)35-28(4,5)6/h16-18,22-24H,8-15H2,1-7H3,(H,29,32)(H,30,34). The van der Waals surface area contributed by atoms with Gasteiger partial charge in [-0.1, -0.05) is 49.1 Å². The van der Waals surface area contributed by atoms with E-state index in [2.05, 4.69) is 23.6 Å². The zero-order valence-corrected chi connectivity index (χ0v) is 23.9. The van der Waals surface area contributed by atoms with Gasteiger partial charge in [-0.3, -0.25) is 9.59 Å². The summed E-state index contributed by atoms with van der Waals surface area (Å²) in [4.78, 5) is 42.0. The van der Waals surface area contributed by atoms with Gasteiger partial charge in [-0.15, -0.1) is 0 Å². The molecule has 36 heavy (non-hydrogen) atoms. The van der Waals surface area contributed by atoms with Crippen LogP contribution in [-0.2, 0) is 14.3 Å². The number of carbonyl (C=O) groups excluding carboxylic acids is 3. The molecule has 0 radical (unpaired) electrons. The fourth-order valence-electron chi connectivity index (χ4n) is 4.28. The Balaban J connectivity index is 2.40. The van der Waals surface area contributed by atoms with E-state index >= 15 is 0 Å². The highest BCUT2D eigenvalue weighted by atomic mass is 32.2. The highest BCUT2D eigenvalue weighted by molar-refractivity contribution is 7.98. The molecule has 1 aliphatic rings. The second-order valence-corrected chi connectivity index (χ2v) is 11.8. The third-order valence-electron chi connectivity index (χ3n) is 5.96. The number of rotatable bonds is 13. The molecule has 2 unspecified atom stereocenters. The first-order valence-electron chi connectivity index (χ1n) is 13.1. The molecule has 1 aliphatic carbocycles. The van der Waals surface area contributed by atoms with E-state index in [-0.39, 0.29) is 17.9 Å². The van der Waals surface area contributed by atoms with Gasteiger partial charge in [0.05, 0.1) is 0 Å². The highest BCUT2D eigenvalue weighted by Crippen LogP contribution is 2.36. The maximum atomic E-state index is 14.1. The van der Waals surface area contributed by atoms with E-state index < -0.39 is 23.8 Å². The first-order chi connectivity index (χ1) is 17.0. The number of thioether (sulfide) groups is 1. The number of aryl methyl sites for hydroxylation is 2. The molecule has 7 nitrogen and oxygen atoms in total. The summed E-state index contributed by atoms with van der Waals surface area (Å²) in [6, 6.07) is 4.50. The van der Waals surface area contributed by atoms with Gasteiger partial charge in [0.25, 0.3) is 0 Å². The van der Waals surface area contributed by atoms with Gasteiger partial charge < -0.3 is 20.3 Å². The first-order valence-corrected chi connectivity index (χ1v) is 14.5. The average Bonchev–Trinajstić information content (AvgIpc) is 3.60. The molecule has 1 aromatic rings. The number of ether oxygens (including phenoxy) is 1. The summed E-state index contributed by atoms with van der Waals surface area (Å²) in [5.74, 6) is 0.296. The van der Waals surface area contributed by atoms with Crippen LogP contribution in [0.3, 0.4) is 0 Å². The number of nitrogens with one attached hydrogen (secondary N) is 2. The summed E-state index contributed by atoms with van der Waals surface area (Å²) in [6.07, 6.45) is 6.50. The van der Waals surface area contributed by atoms with Crippen LogP contribution in [-0.4, -0.2) is 59.0 Å². The topological polar surface area (TPSA) is 87.7 Å². The van der Waals surface area contributed by atoms with Gasteiger partial charge in [0.2, 0.25) is 11.8 Å². The van der Waals surface area contributed by atoms with Crippen LogP contribution in [0.4, 0.5) is 4.79 Å². The molecule has 1 fully saturated rings. The van der Waals surface area contributed by atoms with Gasteiger partial charge in [0.15, 0.2) is 0 Å². The van der Waals surface area contributed by atoms with Crippen LogP contribution in [0, 0.1) is 13.8 Å². The van der Waals surface area contributed by atoms with E-state index in [1.807, 2.05) is 32.2 Å². The van der Waals surface area contributed by atoms with Crippen molar-refractivity contribution in [2.24, 2.45) is 0 Å². The van der Waals surface area contributed by atoms with Gasteiger partial charge in [-0.25, -0.2) is 4.79 Å². The van der Waals surface area contributed by atoms with Crippen molar-refractivity contribution < 1.29 is 19.1 Å². The summed E-state index contributed by atoms with van der Waals surface area (Å²) in [7, 11) is 0. The van der Waals surface area contributed by atoms with Gasteiger partial charge in [0.1, 0.15) is 17.7 Å². The van der Waals surface area contributed by atoms with Gasteiger partial charge in [-0.2, -0.15) is 11.8 Å². The molecule has 1 saturated carbocycles. The third kappa shape index (κ3) is 9.68. The smallest absolute Gasteiger partial charge is 0.408 e. The number of hydrogen-bond donors (Lipinski definition) is 2. The molecule has 0 aromatic heterocycles. The molecule has 1 aromatic carbocycles. The van der Waals surface area contributed by atoms with Gasteiger partial charge in [0, 0.05) is 12.6 Å². The van der Waals surface area contributed by atoms with E-state index in [4.69, 9.17) is 4.74 Å². The largest absolute Gasteiger partial charge is 0.444 e. The molecule has 202 valence electrons. The van der Waals surface area contributed by atoms with Crippen LogP contribution in [0.15, 0.2) is 18.2 Å². The van der Waals surface area contributed by atoms with Crippen molar-refractivity contribution in [3.63, 3.8) is 0 Å². The van der Waals surface area contributed by atoms with E-state index in [1.165, 1.54) is 0 Å².